The molecule has 0 saturated carbocycles. The van der Waals surface area contributed by atoms with E-state index in [-0.39, 0.29) is 111 Å². The van der Waals surface area contributed by atoms with Crippen LogP contribution in [0.4, 0.5) is 11.4 Å². The van der Waals surface area contributed by atoms with E-state index < -0.39 is 21.6 Å². The van der Waals surface area contributed by atoms with Gasteiger partial charge in [-0.2, -0.15) is 20.4 Å². The van der Waals surface area contributed by atoms with E-state index in [9.17, 15) is 40.7 Å². The molecule has 4 heterocycles. The molecule has 0 aliphatic heterocycles. The van der Waals surface area contributed by atoms with Gasteiger partial charge in [-0.1, -0.05) is 71.1 Å². The fourth-order valence-corrected chi connectivity index (χ4v) is 5.08. The molecule has 72 heavy (non-hydrogen) atoms. The normalized spacial score (nSPS) is 10.5. The Morgan fingerprint density at radius 3 is 0.903 bits per heavy atom. The number of non-ortho nitro benzene ring substituents is 2. The number of rotatable bonds is 8. The van der Waals surface area contributed by atoms with Crippen molar-refractivity contribution in [2.75, 3.05) is 0 Å². The standard InChI is InChI=1S/2C15H12ClN3O4.4C5H5N.2Cd/c2*1-9(13-8-11(16)4-7-14(13)20)17-18-15(21)10-2-5-12(6-3-10)19(22)23;4*1-2-4-6-5-3-1;;/h2*2-8,20H,1H3,(H,18,21);4*1-5H;;/q;;;;;;2*+2/p-4/b2*17-9+;;;;;;. The molecule has 356 valence electrons. The summed E-state index contributed by atoms with van der Waals surface area (Å²) in [6.45, 7) is 3.05. The fourth-order valence-electron chi connectivity index (χ4n) is 4.74. The molecule has 4 aromatic heterocycles. The molecule has 0 fully saturated rings. The first-order valence-electron chi connectivity index (χ1n) is 20.2. The number of nitro benzene ring substituents is 2. The first kappa shape index (κ1) is 62.6. The number of nitrogens with zero attached hydrogens (tertiary/aromatic N) is 10. The second kappa shape index (κ2) is 36.5. The average molecular weight is 1200 g/mol. The van der Waals surface area contributed by atoms with E-state index in [0.29, 0.717) is 10.0 Å². The molecule has 0 aliphatic rings. The van der Waals surface area contributed by atoms with Crippen LogP contribution < -0.4 is 20.4 Å². The quantitative estimate of drug-likeness (QED) is 0.0460. The maximum absolute atomic E-state index is 11.9. The first-order valence-corrected chi connectivity index (χ1v) is 20.9. The third kappa shape index (κ3) is 25.4. The largest absolute Gasteiger partial charge is 2.00 e. The van der Waals surface area contributed by atoms with E-state index in [1.807, 2.05) is 72.8 Å². The van der Waals surface area contributed by atoms with Crippen molar-refractivity contribution in [3.05, 3.63) is 260 Å². The zero-order valence-electron chi connectivity index (χ0n) is 38.5. The molecule has 22 heteroatoms. The maximum Gasteiger partial charge on any atom is 2.00 e. The average Bonchev–Trinajstić information content (AvgIpc) is 3.41. The summed E-state index contributed by atoms with van der Waals surface area (Å²) >= 11 is 11.6. The molecule has 0 radical (unpaired) electrons. The van der Waals surface area contributed by atoms with Crippen molar-refractivity contribution in [1.82, 2.24) is 19.9 Å². The van der Waals surface area contributed by atoms with Crippen LogP contribution >= 0.6 is 23.2 Å². The Morgan fingerprint density at radius 2 is 0.694 bits per heavy atom. The van der Waals surface area contributed by atoms with Gasteiger partial charge < -0.3 is 20.4 Å². The summed E-state index contributed by atoms with van der Waals surface area (Å²) in [6.07, 6.45) is 14.0. The van der Waals surface area contributed by atoms with E-state index in [2.05, 4.69) is 40.3 Å². The third-order valence-electron chi connectivity index (χ3n) is 8.16. The van der Waals surface area contributed by atoms with Crippen LogP contribution in [0.1, 0.15) is 36.1 Å². The van der Waals surface area contributed by atoms with Gasteiger partial charge in [0.1, 0.15) is 0 Å². The minimum Gasteiger partial charge on any atom is -0.872 e. The number of pyridine rings is 4. The molecule has 18 nitrogen and oxygen atoms in total. The summed E-state index contributed by atoms with van der Waals surface area (Å²) in [7, 11) is 0. The second-order valence-corrected chi connectivity index (χ2v) is 14.0. The van der Waals surface area contributed by atoms with Crippen LogP contribution in [0.5, 0.6) is 11.5 Å². The van der Waals surface area contributed by atoms with E-state index in [1.54, 1.807) is 49.6 Å². The van der Waals surface area contributed by atoms with Crippen molar-refractivity contribution in [2.45, 2.75) is 13.8 Å². The molecule has 0 N–H and O–H groups in total. The van der Waals surface area contributed by atoms with E-state index in [4.69, 9.17) is 23.2 Å². The van der Waals surface area contributed by atoms with Crippen LogP contribution in [0.15, 0.2) is 228 Å². The Kier molecular flexibility index (Phi) is 31.7. The molecule has 0 amide bonds. The number of hydrogen-bond donors (Lipinski definition) is 0. The monoisotopic (exact) mass is 1210 g/mol. The fraction of sp³-hybridized carbons (Fsp3) is 0.0400. The van der Waals surface area contributed by atoms with E-state index >= 15 is 0 Å². The molecule has 0 unspecified atom stereocenters. The number of aromatic nitrogens is 4. The van der Waals surface area contributed by atoms with Gasteiger partial charge in [-0.05, 0) is 133 Å². The van der Waals surface area contributed by atoms with Gasteiger partial charge in [-0.3, -0.25) is 40.2 Å². The predicted molar refractivity (Wildman–Crippen MR) is 262 cm³/mol. The van der Waals surface area contributed by atoms with Gasteiger partial charge in [0, 0.05) is 95.7 Å². The SMILES string of the molecule is C/C(=N\N=C(/[O-])c1ccc([N+](=O)[O-])cc1)c1cc(Cl)ccc1[O-].C/C(=N\N=C(/[O-])c1ccc([N+](=O)[O-])cc1)c1cc(Cl)ccc1[O-].[Cd+2].[Cd+2].c1ccncc1.c1ccncc1.c1ccncc1.c1ccncc1. The Hall–Kier alpha value is -7.42. The van der Waals surface area contributed by atoms with Gasteiger partial charge in [0.2, 0.25) is 0 Å². The second-order valence-electron chi connectivity index (χ2n) is 13.2. The molecule has 0 bridgehead atoms. The molecule has 0 saturated heterocycles. The van der Waals surface area contributed by atoms with Crippen LogP contribution in [0.3, 0.4) is 0 Å². The Morgan fingerprint density at radius 1 is 0.431 bits per heavy atom. The molecule has 0 aliphatic carbocycles. The third-order valence-corrected chi connectivity index (χ3v) is 8.63. The summed E-state index contributed by atoms with van der Waals surface area (Å²) < 4.78 is 0. The molecule has 0 atom stereocenters. The number of hydrogen-bond acceptors (Lipinski definition) is 16. The van der Waals surface area contributed by atoms with Gasteiger partial charge >= 0.3 is 54.6 Å². The number of halogens is 2. The minimum absolute atomic E-state index is 0. The Labute approximate surface area is 464 Å². The summed E-state index contributed by atoms with van der Waals surface area (Å²) in [5.41, 5.74) is 1.03. The summed E-state index contributed by atoms with van der Waals surface area (Å²) in [6, 6.07) is 41.2. The topological polar surface area (TPSA) is 280 Å². The molecule has 8 aromatic rings. The van der Waals surface area contributed by atoms with Gasteiger partial charge in [0.25, 0.3) is 11.4 Å². The molecular weight excluding hydrogens is 1160 g/mol. The van der Waals surface area contributed by atoms with Crippen LogP contribution in [0, 0.1) is 20.2 Å². The van der Waals surface area contributed by atoms with Gasteiger partial charge in [-0.25, -0.2) is 0 Å². The van der Waals surface area contributed by atoms with Gasteiger partial charge in [0.05, 0.1) is 21.3 Å². The van der Waals surface area contributed by atoms with Crippen LogP contribution in [0.25, 0.3) is 0 Å². The van der Waals surface area contributed by atoms with Gasteiger partial charge in [0.15, 0.2) is 0 Å². The Bertz CT molecular complexity index is 2550. The van der Waals surface area contributed by atoms with Crippen molar-refractivity contribution in [2.24, 2.45) is 20.4 Å². The van der Waals surface area contributed by atoms with E-state index in [1.165, 1.54) is 98.8 Å². The summed E-state index contributed by atoms with van der Waals surface area (Å²) in [5.74, 6) is -1.91. The minimum atomic E-state index is -0.672. The van der Waals surface area contributed by atoms with Crippen molar-refractivity contribution in [1.29, 1.82) is 0 Å². The van der Waals surface area contributed by atoms with Gasteiger partial charge in [-0.15, -0.1) is 0 Å². The van der Waals surface area contributed by atoms with Crippen molar-refractivity contribution in [3.63, 3.8) is 0 Å². The molecule has 0 spiro atoms. The van der Waals surface area contributed by atoms with Crippen molar-refractivity contribution < 1.29 is 84.9 Å². The predicted octanol–water partition coefficient (Wildman–Crippen LogP) is 8.03. The maximum atomic E-state index is 11.9. The number of nitro groups is 2. The number of benzene rings is 4. The molecule has 8 rings (SSSR count). The van der Waals surface area contributed by atoms with Crippen molar-refractivity contribution >= 4 is 57.8 Å². The van der Waals surface area contributed by atoms with Crippen LogP contribution in [-0.2, 0) is 54.6 Å². The van der Waals surface area contributed by atoms with E-state index in [0.717, 1.165) is 0 Å². The zero-order chi connectivity index (χ0) is 50.9. The first-order chi connectivity index (χ1) is 33.8. The molecule has 4 aromatic carbocycles. The van der Waals surface area contributed by atoms with Crippen LogP contribution in [-0.4, -0.2) is 53.0 Å². The van der Waals surface area contributed by atoms with Crippen LogP contribution in [0.2, 0.25) is 10.0 Å². The summed E-state index contributed by atoms with van der Waals surface area (Å²) in [4.78, 5) is 35.1. The Balaban J connectivity index is 0.000000484. The van der Waals surface area contributed by atoms with Crippen molar-refractivity contribution in [3.8, 4) is 11.5 Å². The molecular formula is C50H40Cd2Cl2N10O8. The summed E-state index contributed by atoms with van der Waals surface area (Å²) in [5, 5.41) is 83.5. The zero-order valence-corrected chi connectivity index (χ0v) is 48.1. The smallest absolute Gasteiger partial charge is 0.872 e.